The van der Waals surface area contributed by atoms with Gasteiger partial charge in [0, 0.05) is 28.4 Å². The molecule has 0 bridgehead atoms. The summed E-state index contributed by atoms with van der Waals surface area (Å²) in [5, 5.41) is 11.0. The molecule has 2 N–H and O–H groups in total. The Balaban J connectivity index is 1.62. The van der Waals surface area contributed by atoms with Crippen LogP contribution in [0, 0.1) is 31.0 Å². The molecule has 0 saturated heterocycles. The van der Waals surface area contributed by atoms with Crippen LogP contribution in [0.1, 0.15) is 47.4 Å². The summed E-state index contributed by atoms with van der Waals surface area (Å²) in [7, 11) is 0. The number of aryl methyl sites for hydroxylation is 1. The lowest BCUT2D eigenvalue weighted by molar-refractivity contribution is -0.116. The Morgan fingerprint density at radius 3 is 2.50 bits per heavy atom. The van der Waals surface area contributed by atoms with Crippen molar-refractivity contribution in [3.8, 4) is 11.8 Å². The highest BCUT2D eigenvalue weighted by atomic mass is 35.5. The number of hydrogen-bond donors (Lipinski definition) is 1. The SMILES string of the molecule is Cc1cc(COc2ccc(Cl)cc2)c(C)c(C2C(C#N)=C(N)N(c3ccc(F)cc3)C3=C2C(=O)CCC3)c1. The predicted octanol–water partition coefficient (Wildman–Crippen LogP) is 6.98. The number of rotatable bonds is 5. The number of benzene rings is 3. The third-order valence-corrected chi connectivity index (χ3v) is 7.47. The largest absolute Gasteiger partial charge is 0.489 e. The van der Waals surface area contributed by atoms with Gasteiger partial charge < -0.3 is 10.5 Å². The first-order chi connectivity index (χ1) is 18.3. The Labute approximate surface area is 226 Å². The fraction of sp³-hybridized carbons (Fsp3) is 0.226. The van der Waals surface area contributed by atoms with Gasteiger partial charge in [0.25, 0.3) is 0 Å². The average Bonchev–Trinajstić information content (AvgIpc) is 2.90. The first-order valence-electron chi connectivity index (χ1n) is 12.5. The van der Waals surface area contributed by atoms with E-state index < -0.39 is 5.92 Å². The van der Waals surface area contributed by atoms with Crippen molar-refractivity contribution in [2.24, 2.45) is 5.73 Å². The van der Waals surface area contributed by atoms with Gasteiger partial charge in [-0.2, -0.15) is 5.26 Å². The van der Waals surface area contributed by atoms with E-state index in [1.807, 2.05) is 32.0 Å². The third kappa shape index (κ3) is 4.66. The van der Waals surface area contributed by atoms with E-state index in [1.54, 1.807) is 29.2 Å². The van der Waals surface area contributed by atoms with Crippen molar-refractivity contribution >= 4 is 23.1 Å². The van der Waals surface area contributed by atoms with Crippen molar-refractivity contribution in [1.82, 2.24) is 0 Å². The smallest absolute Gasteiger partial charge is 0.161 e. The maximum atomic E-state index is 13.7. The number of ketones is 1. The molecule has 1 unspecified atom stereocenters. The van der Waals surface area contributed by atoms with E-state index >= 15 is 0 Å². The van der Waals surface area contributed by atoms with Gasteiger partial charge in [-0.3, -0.25) is 9.69 Å². The number of nitriles is 1. The molecule has 1 aliphatic carbocycles. The molecule has 1 heterocycles. The van der Waals surface area contributed by atoms with Gasteiger partial charge in [-0.25, -0.2) is 4.39 Å². The minimum absolute atomic E-state index is 0.00322. The fourth-order valence-corrected chi connectivity index (χ4v) is 5.51. The van der Waals surface area contributed by atoms with Crippen molar-refractivity contribution in [2.75, 3.05) is 4.90 Å². The van der Waals surface area contributed by atoms with Crippen molar-refractivity contribution in [1.29, 1.82) is 5.26 Å². The highest BCUT2D eigenvalue weighted by Gasteiger charge is 2.41. The highest BCUT2D eigenvalue weighted by Crippen LogP contribution is 2.47. The van der Waals surface area contributed by atoms with Crippen molar-refractivity contribution in [3.05, 3.63) is 116 Å². The van der Waals surface area contributed by atoms with E-state index in [2.05, 4.69) is 12.1 Å². The van der Waals surface area contributed by atoms with E-state index in [0.29, 0.717) is 53.5 Å². The Morgan fingerprint density at radius 1 is 1.11 bits per heavy atom. The molecule has 0 amide bonds. The van der Waals surface area contributed by atoms with Gasteiger partial charge in [-0.15, -0.1) is 0 Å². The van der Waals surface area contributed by atoms with Gasteiger partial charge >= 0.3 is 0 Å². The maximum Gasteiger partial charge on any atom is 0.161 e. The highest BCUT2D eigenvalue weighted by molar-refractivity contribution is 6.30. The van der Waals surface area contributed by atoms with Crippen molar-refractivity contribution < 1.29 is 13.9 Å². The molecule has 2 aliphatic rings. The lowest BCUT2D eigenvalue weighted by Gasteiger charge is -2.40. The predicted molar refractivity (Wildman–Crippen MR) is 146 cm³/mol. The zero-order chi connectivity index (χ0) is 27.0. The number of halogens is 2. The van der Waals surface area contributed by atoms with Crippen LogP contribution in [0.4, 0.5) is 10.1 Å². The molecule has 0 radical (unpaired) electrons. The van der Waals surface area contributed by atoms with Gasteiger partial charge in [-0.1, -0.05) is 29.3 Å². The van der Waals surface area contributed by atoms with Crippen LogP contribution >= 0.6 is 11.6 Å². The lowest BCUT2D eigenvalue weighted by atomic mass is 9.73. The summed E-state index contributed by atoms with van der Waals surface area (Å²) >= 11 is 6.00. The number of allylic oxidation sites excluding steroid dienone is 3. The summed E-state index contributed by atoms with van der Waals surface area (Å²) < 4.78 is 19.7. The molecule has 3 aromatic carbocycles. The van der Waals surface area contributed by atoms with Crippen LogP contribution in [-0.4, -0.2) is 5.78 Å². The summed E-state index contributed by atoms with van der Waals surface area (Å²) in [6, 6.07) is 19.5. The van der Waals surface area contributed by atoms with E-state index in [-0.39, 0.29) is 17.4 Å². The molecule has 0 aromatic heterocycles. The Kier molecular flexibility index (Phi) is 6.96. The van der Waals surface area contributed by atoms with Gasteiger partial charge in [0.15, 0.2) is 5.78 Å². The first kappa shape index (κ1) is 25.6. The van der Waals surface area contributed by atoms with Crippen LogP contribution in [0.3, 0.4) is 0 Å². The zero-order valence-corrected chi connectivity index (χ0v) is 22.0. The Hall–Kier alpha value is -4.08. The van der Waals surface area contributed by atoms with Crippen LogP contribution in [0.25, 0.3) is 0 Å². The Morgan fingerprint density at radius 2 is 1.82 bits per heavy atom. The standard InChI is InChI=1S/C31H27ClFN3O2/c1-18-14-20(17-38-24-12-6-21(32)7-13-24)19(2)25(15-18)29-26(16-34)31(35)36(23-10-8-22(33)9-11-23)27-4-3-5-28(37)30(27)29/h6-15,29H,3-5,17,35H2,1-2H3. The van der Waals surface area contributed by atoms with Crippen LogP contribution in [-0.2, 0) is 11.4 Å². The van der Waals surface area contributed by atoms with Gasteiger partial charge in [0.05, 0.1) is 17.6 Å². The monoisotopic (exact) mass is 527 g/mol. The normalized spacial score (nSPS) is 17.4. The van der Waals surface area contributed by atoms with Crippen LogP contribution in [0.2, 0.25) is 5.02 Å². The molecule has 0 fully saturated rings. The molecule has 5 nitrogen and oxygen atoms in total. The minimum Gasteiger partial charge on any atom is -0.489 e. The molecule has 0 saturated carbocycles. The zero-order valence-electron chi connectivity index (χ0n) is 21.2. The topological polar surface area (TPSA) is 79.3 Å². The summed E-state index contributed by atoms with van der Waals surface area (Å²) in [6.07, 6.45) is 1.72. The summed E-state index contributed by atoms with van der Waals surface area (Å²) in [5.74, 6) is -0.00212. The third-order valence-electron chi connectivity index (χ3n) is 7.22. The molecule has 0 spiro atoms. The second kappa shape index (κ2) is 10.4. The summed E-state index contributed by atoms with van der Waals surface area (Å²) in [5.41, 5.74) is 12.7. The van der Waals surface area contributed by atoms with Crippen molar-refractivity contribution in [2.45, 2.75) is 45.6 Å². The molecular weight excluding hydrogens is 501 g/mol. The lowest BCUT2D eigenvalue weighted by Crippen LogP contribution is -2.39. The number of ether oxygens (including phenoxy) is 1. The molecule has 3 aromatic rings. The molecule has 38 heavy (non-hydrogen) atoms. The molecule has 7 heteroatoms. The fourth-order valence-electron chi connectivity index (χ4n) is 5.39. The minimum atomic E-state index is -0.589. The van der Waals surface area contributed by atoms with Crippen LogP contribution < -0.4 is 15.4 Å². The van der Waals surface area contributed by atoms with E-state index in [4.69, 9.17) is 22.1 Å². The second-order valence-electron chi connectivity index (χ2n) is 9.67. The molecular formula is C31H27ClFN3O2. The number of carbonyl (C=O) groups is 1. The number of Topliss-reactive ketones (excluding diaryl/α,β-unsaturated/α-hetero) is 1. The average molecular weight is 528 g/mol. The van der Waals surface area contributed by atoms with E-state index in [1.165, 1.54) is 12.1 Å². The number of anilines is 1. The van der Waals surface area contributed by atoms with Crippen molar-refractivity contribution in [3.63, 3.8) is 0 Å². The van der Waals surface area contributed by atoms with E-state index in [9.17, 15) is 14.4 Å². The summed E-state index contributed by atoms with van der Waals surface area (Å²) in [4.78, 5) is 15.2. The molecule has 5 rings (SSSR count). The molecule has 1 aliphatic heterocycles. The number of hydrogen-bond acceptors (Lipinski definition) is 5. The number of carbonyl (C=O) groups excluding carboxylic acids is 1. The van der Waals surface area contributed by atoms with Gasteiger partial charge in [-0.05, 0) is 91.9 Å². The molecule has 1 atom stereocenters. The maximum absolute atomic E-state index is 13.7. The van der Waals surface area contributed by atoms with Gasteiger partial charge in [0.1, 0.15) is 24.0 Å². The second-order valence-corrected chi connectivity index (χ2v) is 10.1. The van der Waals surface area contributed by atoms with Crippen LogP contribution in [0.5, 0.6) is 5.75 Å². The number of nitrogens with zero attached hydrogens (tertiary/aromatic N) is 2. The van der Waals surface area contributed by atoms with Crippen LogP contribution in [0.15, 0.2) is 83.3 Å². The Bertz CT molecular complexity index is 1520. The summed E-state index contributed by atoms with van der Waals surface area (Å²) in [6.45, 7) is 4.29. The van der Waals surface area contributed by atoms with Gasteiger partial charge in [0.2, 0.25) is 0 Å². The number of nitrogens with two attached hydrogens (primary N) is 1. The van der Waals surface area contributed by atoms with E-state index in [0.717, 1.165) is 28.0 Å². The molecule has 192 valence electrons. The first-order valence-corrected chi connectivity index (χ1v) is 12.9. The quantitative estimate of drug-likeness (QED) is 0.387.